The van der Waals surface area contributed by atoms with Gasteiger partial charge in [-0.3, -0.25) is 0 Å². The zero-order valence-corrected chi connectivity index (χ0v) is 11.2. The van der Waals surface area contributed by atoms with Gasteiger partial charge in [0.1, 0.15) is 23.0 Å². The molecule has 0 aromatic heterocycles. The number of phenolic OH excluding ortho intramolecular Hbond substituents is 2. The summed E-state index contributed by atoms with van der Waals surface area (Å²) in [6.45, 7) is 0. The number of rotatable bonds is 3. The summed E-state index contributed by atoms with van der Waals surface area (Å²) in [5, 5.41) is 19.4. The molecule has 0 bridgehead atoms. The number of benzene rings is 3. The molecule has 0 amide bonds. The molecule has 3 heteroatoms. The summed E-state index contributed by atoms with van der Waals surface area (Å²) in [6.07, 6.45) is 0. The van der Waals surface area contributed by atoms with E-state index in [9.17, 15) is 10.2 Å². The normalized spacial score (nSPS) is 10.3. The van der Waals surface area contributed by atoms with Crippen LogP contribution in [0.3, 0.4) is 0 Å². The molecule has 0 spiro atoms. The van der Waals surface area contributed by atoms with E-state index >= 15 is 0 Å². The first-order chi connectivity index (χ1) is 10.2. The van der Waals surface area contributed by atoms with Gasteiger partial charge in [-0.15, -0.1) is 0 Å². The third-order valence-corrected chi connectivity index (χ3v) is 3.13. The standard InChI is InChI=1S/C18H14O3/c19-14-6-8-15(9-7-14)21-16-10-11-17(18(20)12-16)13-4-2-1-3-5-13/h1-12,19-20H. The van der Waals surface area contributed by atoms with E-state index in [4.69, 9.17) is 4.74 Å². The number of ether oxygens (including phenoxy) is 1. The maximum Gasteiger partial charge on any atom is 0.131 e. The monoisotopic (exact) mass is 278 g/mol. The van der Waals surface area contributed by atoms with Crippen molar-refractivity contribution in [3.05, 3.63) is 72.8 Å². The Morgan fingerprint density at radius 1 is 0.667 bits per heavy atom. The molecule has 0 saturated heterocycles. The Kier molecular flexibility index (Phi) is 3.48. The number of hydrogen-bond donors (Lipinski definition) is 2. The highest BCUT2D eigenvalue weighted by Gasteiger charge is 2.06. The third-order valence-electron chi connectivity index (χ3n) is 3.13. The summed E-state index contributed by atoms with van der Waals surface area (Å²) in [4.78, 5) is 0. The van der Waals surface area contributed by atoms with Gasteiger partial charge in [0.05, 0.1) is 0 Å². The summed E-state index contributed by atoms with van der Waals surface area (Å²) < 4.78 is 5.63. The quantitative estimate of drug-likeness (QED) is 0.738. The molecule has 3 nitrogen and oxygen atoms in total. The van der Waals surface area contributed by atoms with Gasteiger partial charge in [0.2, 0.25) is 0 Å². The lowest BCUT2D eigenvalue weighted by Crippen LogP contribution is -1.85. The van der Waals surface area contributed by atoms with Crippen molar-refractivity contribution in [3.8, 4) is 34.1 Å². The van der Waals surface area contributed by atoms with Crippen LogP contribution < -0.4 is 4.74 Å². The predicted molar refractivity (Wildman–Crippen MR) is 81.7 cm³/mol. The van der Waals surface area contributed by atoms with Gasteiger partial charge in [-0.05, 0) is 42.0 Å². The van der Waals surface area contributed by atoms with Crippen LogP contribution in [0.2, 0.25) is 0 Å². The Morgan fingerprint density at radius 2 is 1.33 bits per heavy atom. The van der Waals surface area contributed by atoms with Crippen LogP contribution in [0.15, 0.2) is 72.8 Å². The lowest BCUT2D eigenvalue weighted by Gasteiger charge is -2.09. The van der Waals surface area contributed by atoms with Crippen LogP contribution in [0.25, 0.3) is 11.1 Å². The van der Waals surface area contributed by atoms with Crippen molar-refractivity contribution >= 4 is 0 Å². The second-order valence-electron chi connectivity index (χ2n) is 4.64. The van der Waals surface area contributed by atoms with Gasteiger partial charge in [-0.25, -0.2) is 0 Å². The Hall–Kier alpha value is -2.94. The van der Waals surface area contributed by atoms with Crippen molar-refractivity contribution in [1.82, 2.24) is 0 Å². The molecule has 104 valence electrons. The maximum absolute atomic E-state index is 10.1. The van der Waals surface area contributed by atoms with Gasteiger partial charge in [-0.1, -0.05) is 30.3 Å². The molecule has 0 aliphatic carbocycles. The smallest absolute Gasteiger partial charge is 0.131 e. The fourth-order valence-corrected chi connectivity index (χ4v) is 2.09. The van der Waals surface area contributed by atoms with E-state index in [2.05, 4.69) is 0 Å². The zero-order chi connectivity index (χ0) is 14.7. The highest BCUT2D eigenvalue weighted by atomic mass is 16.5. The molecule has 0 aliphatic heterocycles. The van der Waals surface area contributed by atoms with Crippen LogP contribution in [0, 0.1) is 0 Å². The Balaban J connectivity index is 1.86. The molecule has 0 unspecified atom stereocenters. The first kappa shape index (κ1) is 13.1. The minimum absolute atomic E-state index is 0.164. The van der Waals surface area contributed by atoms with E-state index in [1.165, 1.54) is 0 Å². The molecule has 0 saturated carbocycles. The minimum atomic E-state index is 0.164. The van der Waals surface area contributed by atoms with Crippen LogP contribution in [0.5, 0.6) is 23.0 Å². The summed E-state index contributed by atoms with van der Waals surface area (Å²) in [5.74, 6) is 1.49. The van der Waals surface area contributed by atoms with Crippen LogP contribution in [-0.2, 0) is 0 Å². The fraction of sp³-hybridized carbons (Fsp3) is 0. The molecule has 3 aromatic rings. The number of hydrogen-bond acceptors (Lipinski definition) is 3. The van der Waals surface area contributed by atoms with Gasteiger partial charge in [0.15, 0.2) is 0 Å². The molecular formula is C18H14O3. The van der Waals surface area contributed by atoms with Crippen molar-refractivity contribution in [2.75, 3.05) is 0 Å². The van der Waals surface area contributed by atoms with Crippen LogP contribution >= 0.6 is 0 Å². The molecule has 0 fully saturated rings. The van der Waals surface area contributed by atoms with Crippen molar-refractivity contribution in [2.45, 2.75) is 0 Å². The lowest BCUT2D eigenvalue weighted by atomic mass is 10.0. The lowest BCUT2D eigenvalue weighted by molar-refractivity contribution is 0.452. The zero-order valence-electron chi connectivity index (χ0n) is 11.2. The number of aromatic hydroxyl groups is 2. The molecule has 0 aliphatic rings. The van der Waals surface area contributed by atoms with Crippen molar-refractivity contribution < 1.29 is 14.9 Å². The summed E-state index contributed by atoms with van der Waals surface area (Å²) in [5.41, 5.74) is 1.71. The molecule has 2 N–H and O–H groups in total. The molecular weight excluding hydrogens is 264 g/mol. The van der Waals surface area contributed by atoms with Gasteiger partial charge >= 0.3 is 0 Å². The topological polar surface area (TPSA) is 49.7 Å². The first-order valence-corrected chi connectivity index (χ1v) is 6.58. The van der Waals surface area contributed by atoms with Crippen molar-refractivity contribution in [1.29, 1.82) is 0 Å². The van der Waals surface area contributed by atoms with E-state index in [1.54, 1.807) is 36.4 Å². The molecule has 3 aromatic carbocycles. The maximum atomic E-state index is 10.1. The second-order valence-corrected chi connectivity index (χ2v) is 4.64. The molecule has 21 heavy (non-hydrogen) atoms. The van der Waals surface area contributed by atoms with Crippen LogP contribution in [-0.4, -0.2) is 10.2 Å². The molecule has 0 radical (unpaired) electrons. The van der Waals surface area contributed by atoms with E-state index in [0.717, 1.165) is 11.1 Å². The van der Waals surface area contributed by atoms with Crippen LogP contribution in [0.1, 0.15) is 0 Å². The number of phenols is 2. The largest absolute Gasteiger partial charge is 0.508 e. The van der Waals surface area contributed by atoms with Gasteiger partial charge in [0.25, 0.3) is 0 Å². The van der Waals surface area contributed by atoms with Crippen LogP contribution in [0.4, 0.5) is 0 Å². The fourth-order valence-electron chi connectivity index (χ4n) is 2.09. The molecule has 0 heterocycles. The minimum Gasteiger partial charge on any atom is -0.508 e. The van der Waals surface area contributed by atoms with Gasteiger partial charge < -0.3 is 14.9 Å². The predicted octanol–water partition coefficient (Wildman–Crippen LogP) is 4.56. The highest BCUT2D eigenvalue weighted by molar-refractivity contribution is 5.71. The van der Waals surface area contributed by atoms with E-state index in [0.29, 0.717) is 11.5 Å². The van der Waals surface area contributed by atoms with E-state index in [-0.39, 0.29) is 11.5 Å². The molecule has 0 atom stereocenters. The SMILES string of the molecule is Oc1ccc(Oc2ccc(-c3ccccc3)c(O)c2)cc1. The van der Waals surface area contributed by atoms with Crippen molar-refractivity contribution in [2.24, 2.45) is 0 Å². The Bertz CT molecular complexity index is 734. The Morgan fingerprint density at radius 3 is 2.00 bits per heavy atom. The summed E-state index contributed by atoms with van der Waals surface area (Å²) in [6, 6.07) is 21.3. The van der Waals surface area contributed by atoms with E-state index < -0.39 is 0 Å². The average Bonchev–Trinajstić information content (AvgIpc) is 2.51. The Labute approximate surface area is 122 Å². The molecule has 3 rings (SSSR count). The van der Waals surface area contributed by atoms with Gasteiger partial charge in [-0.2, -0.15) is 0 Å². The van der Waals surface area contributed by atoms with Gasteiger partial charge in [0, 0.05) is 11.6 Å². The highest BCUT2D eigenvalue weighted by Crippen LogP contribution is 2.34. The summed E-state index contributed by atoms with van der Waals surface area (Å²) >= 11 is 0. The summed E-state index contributed by atoms with van der Waals surface area (Å²) in [7, 11) is 0. The van der Waals surface area contributed by atoms with Crippen molar-refractivity contribution in [3.63, 3.8) is 0 Å². The third kappa shape index (κ3) is 2.98. The second kappa shape index (κ2) is 5.59. The van der Waals surface area contributed by atoms with E-state index in [1.807, 2.05) is 36.4 Å². The average molecular weight is 278 g/mol. The first-order valence-electron chi connectivity index (χ1n) is 6.58.